The Kier molecular flexibility index (Phi) is 7.96. The van der Waals surface area contributed by atoms with Crippen LogP contribution in [0.1, 0.15) is 17.5 Å². The molecular weight excluding hydrogens is 422 g/mol. The van der Waals surface area contributed by atoms with Crippen LogP contribution in [0.3, 0.4) is 0 Å². The van der Waals surface area contributed by atoms with Crippen molar-refractivity contribution in [2.45, 2.75) is 6.42 Å². The van der Waals surface area contributed by atoms with Crippen LogP contribution >= 0.6 is 0 Å². The molecule has 0 aromatic heterocycles. The summed E-state index contributed by atoms with van der Waals surface area (Å²) in [5.74, 6) is 1.26. The molecule has 168 valence electrons. The minimum Gasteiger partial charge on any atom is -0.497 e. The first kappa shape index (κ1) is 23.3. The molecule has 7 heteroatoms. The van der Waals surface area contributed by atoms with Gasteiger partial charge < -0.3 is 14.2 Å². The van der Waals surface area contributed by atoms with E-state index in [0.717, 1.165) is 28.2 Å². The van der Waals surface area contributed by atoms with Crippen molar-refractivity contribution in [2.75, 3.05) is 14.2 Å². The fraction of sp³-hybridized carbons (Fsp3) is 0.115. The zero-order valence-corrected chi connectivity index (χ0v) is 18.3. The van der Waals surface area contributed by atoms with Gasteiger partial charge >= 0.3 is 5.97 Å². The van der Waals surface area contributed by atoms with Crippen LogP contribution < -0.4 is 14.2 Å². The topological polar surface area (TPSA) is 87.9 Å². The second-order valence-electron chi connectivity index (χ2n) is 6.87. The number of para-hydroxylation sites is 1. The first-order valence-electron chi connectivity index (χ1n) is 10.1. The predicted molar refractivity (Wildman–Crippen MR) is 126 cm³/mol. The van der Waals surface area contributed by atoms with E-state index in [1.165, 1.54) is 24.3 Å². The average molecular weight is 445 g/mol. The highest BCUT2D eigenvalue weighted by Crippen LogP contribution is 2.32. The average Bonchev–Trinajstić information content (AvgIpc) is 2.84. The maximum atomic E-state index is 12.1. The number of allylic oxidation sites excluding steroid dienone is 2. The molecule has 7 nitrogen and oxygen atoms in total. The molecule has 0 aliphatic carbocycles. The Labute approximate surface area is 191 Å². The van der Waals surface area contributed by atoms with Crippen molar-refractivity contribution in [3.8, 4) is 17.2 Å². The standard InChI is InChI=1S/C26H23NO6/c1-31-21-15-11-19(12-16-21)23(24-8-3-5-9-25(24)32-2)7-4-6-10-26(28)33-22-17-13-20(14-18-22)27(29)30/h3-9,11-18H,10H2,1-2H3/b6-4+,23-7-. The second kappa shape index (κ2) is 11.3. The Morgan fingerprint density at radius 2 is 1.58 bits per heavy atom. The van der Waals surface area contributed by atoms with Crippen molar-refractivity contribution in [1.82, 2.24) is 0 Å². The molecule has 0 spiro atoms. The summed E-state index contributed by atoms with van der Waals surface area (Å²) in [6, 6.07) is 20.7. The summed E-state index contributed by atoms with van der Waals surface area (Å²) < 4.78 is 16.0. The van der Waals surface area contributed by atoms with Gasteiger partial charge in [-0.15, -0.1) is 0 Å². The van der Waals surface area contributed by atoms with Crippen molar-refractivity contribution in [2.24, 2.45) is 0 Å². The van der Waals surface area contributed by atoms with E-state index in [-0.39, 0.29) is 17.9 Å². The number of rotatable bonds is 9. The van der Waals surface area contributed by atoms with Crippen molar-refractivity contribution in [1.29, 1.82) is 0 Å². The molecule has 33 heavy (non-hydrogen) atoms. The van der Waals surface area contributed by atoms with Crippen LogP contribution in [0.2, 0.25) is 0 Å². The molecule has 0 saturated heterocycles. The number of ether oxygens (including phenoxy) is 3. The Morgan fingerprint density at radius 3 is 2.21 bits per heavy atom. The summed E-state index contributed by atoms with van der Waals surface area (Å²) in [5.41, 5.74) is 2.71. The highest BCUT2D eigenvalue weighted by Gasteiger charge is 2.10. The number of hydrogen-bond donors (Lipinski definition) is 0. The van der Waals surface area contributed by atoms with Gasteiger partial charge in [-0.25, -0.2) is 0 Å². The molecule has 0 radical (unpaired) electrons. The van der Waals surface area contributed by atoms with Gasteiger partial charge in [0.15, 0.2) is 0 Å². The van der Waals surface area contributed by atoms with Gasteiger partial charge in [0.2, 0.25) is 0 Å². The molecule has 0 saturated carbocycles. The lowest BCUT2D eigenvalue weighted by Crippen LogP contribution is -2.06. The number of carbonyl (C=O) groups excluding carboxylic acids is 1. The van der Waals surface area contributed by atoms with Crippen molar-refractivity contribution >= 4 is 17.2 Å². The highest BCUT2D eigenvalue weighted by atomic mass is 16.6. The number of nitro benzene ring substituents is 1. The molecule has 0 atom stereocenters. The summed E-state index contributed by atoms with van der Waals surface area (Å²) in [6.45, 7) is 0. The summed E-state index contributed by atoms with van der Waals surface area (Å²) in [4.78, 5) is 22.3. The number of nitro groups is 1. The summed E-state index contributed by atoms with van der Waals surface area (Å²) in [6.07, 6.45) is 5.41. The Hall–Kier alpha value is -4.39. The predicted octanol–water partition coefficient (Wildman–Crippen LogP) is 5.60. The van der Waals surface area contributed by atoms with Crippen LogP contribution in [-0.2, 0) is 4.79 Å². The Bertz CT molecular complexity index is 1160. The third-order valence-electron chi connectivity index (χ3n) is 4.76. The van der Waals surface area contributed by atoms with Crippen LogP contribution in [0.5, 0.6) is 17.2 Å². The zero-order chi connectivity index (χ0) is 23.6. The maximum Gasteiger partial charge on any atom is 0.315 e. The highest BCUT2D eigenvalue weighted by molar-refractivity contribution is 5.84. The first-order chi connectivity index (χ1) is 16.0. The Balaban J connectivity index is 1.76. The molecule has 3 aromatic carbocycles. The van der Waals surface area contributed by atoms with Crippen molar-refractivity contribution in [3.63, 3.8) is 0 Å². The monoisotopic (exact) mass is 445 g/mol. The van der Waals surface area contributed by atoms with Crippen LogP contribution in [0.4, 0.5) is 5.69 Å². The molecule has 0 N–H and O–H groups in total. The lowest BCUT2D eigenvalue weighted by Gasteiger charge is -2.13. The molecule has 3 aromatic rings. The molecule has 0 bridgehead atoms. The fourth-order valence-electron chi connectivity index (χ4n) is 3.12. The number of esters is 1. The molecule has 0 fully saturated rings. The molecule has 0 heterocycles. The lowest BCUT2D eigenvalue weighted by molar-refractivity contribution is -0.384. The minimum absolute atomic E-state index is 0.0370. The van der Waals surface area contributed by atoms with Gasteiger partial charge in [0, 0.05) is 17.7 Å². The van der Waals surface area contributed by atoms with E-state index in [4.69, 9.17) is 14.2 Å². The SMILES string of the molecule is COc1ccc(/C(=C/C=C/CC(=O)Oc2ccc([N+](=O)[O-])cc2)c2ccccc2OC)cc1. The minimum atomic E-state index is -0.511. The van der Waals surface area contributed by atoms with Gasteiger partial charge in [-0.05, 0) is 41.5 Å². The third kappa shape index (κ3) is 6.30. The molecule has 0 aliphatic rings. The molecule has 0 amide bonds. The molecule has 3 rings (SSSR count). The van der Waals surface area contributed by atoms with Crippen LogP contribution in [0.25, 0.3) is 5.57 Å². The van der Waals surface area contributed by atoms with Gasteiger partial charge in [0.25, 0.3) is 5.69 Å². The van der Waals surface area contributed by atoms with E-state index in [0.29, 0.717) is 0 Å². The maximum absolute atomic E-state index is 12.1. The summed E-state index contributed by atoms with van der Waals surface area (Å²) in [5, 5.41) is 10.7. The molecule has 0 unspecified atom stereocenters. The normalized spacial score (nSPS) is 11.3. The van der Waals surface area contributed by atoms with Crippen LogP contribution in [0, 0.1) is 10.1 Å². The zero-order valence-electron chi connectivity index (χ0n) is 18.3. The van der Waals surface area contributed by atoms with E-state index in [1.54, 1.807) is 26.4 Å². The summed E-state index contributed by atoms with van der Waals surface area (Å²) >= 11 is 0. The largest absolute Gasteiger partial charge is 0.497 e. The molecule has 0 aliphatic heterocycles. The van der Waals surface area contributed by atoms with Gasteiger partial charge in [-0.3, -0.25) is 14.9 Å². The van der Waals surface area contributed by atoms with Crippen LogP contribution in [0.15, 0.2) is 91.0 Å². The lowest BCUT2D eigenvalue weighted by atomic mass is 9.96. The quantitative estimate of drug-likeness (QED) is 0.140. The third-order valence-corrected chi connectivity index (χ3v) is 4.76. The second-order valence-corrected chi connectivity index (χ2v) is 6.87. The molecular formula is C26H23NO6. The van der Waals surface area contributed by atoms with Gasteiger partial charge in [-0.1, -0.05) is 48.6 Å². The number of non-ortho nitro benzene ring substituents is 1. The van der Waals surface area contributed by atoms with E-state index >= 15 is 0 Å². The smallest absolute Gasteiger partial charge is 0.315 e. The van der Waals surface area contributed by atoms with E-state index in [9.17, 15) is 14.9 Å². The number of nitrogens with zero attached hydrogens (tertiary/aromatic N) is 1. The van der Waals surface area contributed by atoms with Crippen LogP contribution in [-0.4, -0.2) is 25.1 Å². The van der Waals surface area contributed by atoms with Gasteiger partial charge in [0.05, 0.1) is 25.6 Å². The van der Waals surface area contributed by atoms with Crippen molar-refractivity contribution in [3.05, 3.63) is 112 Å². The number of hydrogen-bond acceptors (Lipinski definition) is 6. The number of methoxy groups -OCH3 is 2. The van der Waals surface area contributed by atoms with Crippen molar-refractivity contribution < 1.29 is 23.9 Å². The van der Waals surface area contributed by atoms with E-state index in [2.05, 4.69) is 0 Å². The van der Waals surface area contributed by atoms with E-state index < -0.39 is 10.9 Å². The summed E-state index contributed by atoms with van der Waals surface area (Å²) in [7, 11) is 3.24. The number of benzene rings is 3. The number of carbonyl (C=O) groups is 1. The Morgan fingerprint density at radius 1 is 0.909 bits per heavy atom. The fourth-order valence-corrected chi connectivity index (χ4v) is 3.12. The van der Waals surface area contributed by atoms with Gasteiger partial charge in [-0.2, -0.15) is 0 Å². The van der Waals surface area contributed by atoms with Gasteiger partial charge in [0.1, 0.15) is 17.2 Å². The first-order valence-corrected chi connectivity index (χ1v) is 10.1. The van der Waals surface area contributed by atoms with E-state index in [1.807, 2.05) is 54.6 Å².